The molecule has 3 rings (SSSR count). The zero-order valence-electron chi connectivity index (χ0n) is 12.5. The van der Waals surface area contributed by atoms with Crippen LogP contribution in [-0.2, 0) is 0 Å². The summed E-state index contributed by atoms with van der Waals surface area (Å²) in [7, 11) is 6.63. The van der Waals surface area contributed by atoms with E-state index in [9.17, 15) is 0 Å². The van der Waals surface area contributed by atoms with Gasteiger partial charge in [0.1, 0.15) is 0 Å². The van der Waals surface area contributed by atoms with Crippen molar-refractivity contribution in [2.24, 2.45) is 0 Å². The molecular formula is C15H24N4. The highest BCUT2D eigenvalue weighted by molar-refractivity contribution is 5.78. The van der Waals surface area contributed by atoms with E-state index in [-0.39, 0.29) is 0 Å². The predicted molar refractivity (Wildman–Crippen MR) is 80.1 cm³/mol. The van der Waals surface area contributed by atoms with E-state index in [1.165, 1.54) is 36.3 Å². The first-order valence-corrected chi connectivity index (χ1v) is 7.21. The lowest BCUT2D eigenvalue weighted by atomic mass is 10.0. The fourth-order valence-electron chi connectivity index (χ4n) is 3.53. The summed E-state index contributed by atoms with van der Waals surface area (Å²) in [6.45, 7) is 5.50. The second-order valence-electron chi connectivity index (χ2n) is 5.98. The molecule has 0 radical (unpaired) electrons. The zero-order chi connectivity index (χ0) is 13.6. The highest BCUT2D eigenvalue weighted by Crippen LogP contribution is 2.43. The SMILES string of the molecule is Cc1ncc([C@@H]2CCCN2C)c2c1N(C)CCN2C. The maximum atomic E-state index is 4.66. The molecule has 0 unspecified atom stereocenters. The molecule has 4 heteroatoms. The number of hydrogen-bond acceptors (Lipinski definition) is 4. The summed E-state index contributed by atoms with van der Waals surface area (Å²) in [6, 6.07) is 0.538. The summed E-state index contributed by atoms with van der Waals surface area (Å²) in [5.74, 6) is 0. The highest BCUT2D eigenvalue weighted by Gasteiger charge is 2.30. The van der Waals surface area contributed by atoms with E-state index < -0.39 is 0 Å². The number of anilines is 2. The average molecular weight is 260 g/mol. The van der Waals surface area contributed by atoms with Crippen LogP contribution in [0.2, 0.25) is 0 Å². The van der Waals surface area contributed by atoms with Gasteiger partial charge in [-0.05, 0) is 33.4 Å². The first-order valence-electron chi connectivity index (χ1n) is 7.21. The van der Waals surface area contributed by atoms with Gasteiger partial charge in [-0.2, -0.15) is 0 Å². The van der Waals surface area contributed by atoms with Crippen molar-refractivity contribution in [2.75, 3.05) is 50.6 Å². The monoisotopic (exact) mass is 260 g/mol. The molecule has 0 saturated carbocycles. The Balaban J connectivity index is 2.13. The molecule has 1 atom stereocenters. The van der Waals surface area contributed by atoms with E-state index in [0.29, 0.717) is 6.04 Å². The Bertz CT molecular complexity index is 485. The second-order valence-corrected chi connectivity index (χ2v) is 5.98. The number of fused-ring (bicyclic) bond motifs is 1. The Kier molecular flexibility index (Phi) is 3.13. The summed E-state index contributed by atoms with van der Waals surface area (Å²) >= 11 is 0. The van der Waals surface area contributed by atoms with E-state index in [1.807, 2.05) is 0 Å². The van der Waals surface area contributed by atoms with Crippen molar-refractivity contribution < 1.29 is 0 Å². The summed E-state index contributed by atoms with van der Waals surface area (Å²) in [4.78, 5) is 11.9. The van der Waals surface area contributed by atoms with Crippen LogP contribution in [0.25, 0.3) is 0 Å². The van der Waals surface area contributed by atoms with Gasteiger partial charge in [0.05, 0.1) is 17.1 Å². The van der Waals surface area contributed by atoms with E-state index in [4.69, 9.17) is 0 Å². The molecule has 104 valence electrons. The number of hydrogen-bond donors (Lipinski definition) is 0. The lowest BCUT2D eigenvalue weighted by Gasteiger charge is -2.38. The van der Waals surface area contributed by atoms with Gasteiger partial charge >= 0.3 is 0 Å². The highest BCUT2D eigenvalue weighted by atomic mass is 15.3. The van der Waals surface area contributed by atoms with Crippen LogP contribution in [0.15, 0.2) is 6.20 Å². The lowest BCUT2D eigenvalue weighted by molar-refractivity contribution is 0.317. The van der Waals surface area contributed by atoms with Gasteiger partial charge in [-0.3, -0.25) is 9.88 Å². The van der Waals surface area contributed by atoms with Crippen molar-refractivity contribution in [1.82, 2.24) is 9.88 Å². The minimum absolute atomic E-state index is 0.538. The van der Waals surface area contributed by atoms with Crippen LogP contribution in [0.5, 0.6) is 0 Å². The van der Waals surface area contributed by atoms with Crippen LogP contribution in [-0.4, -0.2) is 50.7 Å². The standard InChI is InChI=1S/C15H24N4/c1-11-14-15(19(4)9-8-18(14)3)12(10-16-11)13-6-5-7-17(13)2/h10,13H,5-9H2,1-4H3/t13-/m0/s1. The third kappa shape index (κ3) is 1.98. The van der Waals surface area contributed by atoms with Crippen molar-refractivity contribution in [3.63, 3.8) is 0 Å². The Labute approximate surface area is 116 Å². The maximum Gasteiger partial charge on any atom is 0.0821 e. The van der Waals surface area contributed by atoms with Crippen LogP contribution in [0.3, 0.4) is 0 Å². The summed E-state index contributed by atoms with van der Waals surface area (Å²) in [5, 5.41) is 0. The molecule has 0 bridgehead atoms. The van der Waals surface area contributed by atoms with Crippen LogP contribution >= 0.6 is 0 Å². The van der Waals surface area contributed by atoms with E-state index >= 15 is 0 Å². The van der Waals surface area contributed by atoms with Crippen molar-refractivity contribution in [3.05, 3.63) is 17.5 Å². The van der Waals surface area contributed by atoms with Gasteiger partial charge in [-0.25, -0.2) is 0 Å². The number of likely N-dealkylation sites (N-methyl/N-ethyl adjacent to an activating group) is 2. The van der Waals surface area contributed by atoms with Gasteiger partial charge in [-0.15, -0.1) is 0 Å². The molecule has 1 aromatic heterocycles. The molecule has 19 heavy (non-hydrogen) atoms. The molecule has 0 aliphatic carbocycles. The number of nitrogens with zero attached hydrogens (tertiary/aromatic N) is 4. The van der Waals surface area contributed by atoms with Crippen molar-refractivity contribution >= 4 is 11.4 Å². The first-order chi connectivity index (χ1) is 9.09. The molecule has 0 spiro atoms. The van der Waals surface area contributed by atoms with Crippen molar-refractivity contribution in [3.8, 4) is 0 Å². The summed E-state index contributed by atoms with van der Waals surface area (Å²) in [5.41, 5.74) is 5.29. The van der Waals surface area contributed by atoms with E-state index in [2.05, 4.69) is 53.9 Å². The normalized spacial score (nSPS) is 23.9. The van der Waals surface area contributed by atoms with Gasteiger partial charge in [0.25, 0.3) is 0 Å². The average Bonchev–Trinajstić information content (AvgIpc) is 2.80. The first kappa shape index (κ1) is 12.7. The Morgan fingerprint density at radius 3 is 2.37 bits per heavy atom. The molecule has 1 aromatic rings. The fraction of sp³-hybridized carbons (Fsp3) is 0.667. The van der Waals surface area contributed by atoms with Crippen molar-refractivity contribution in [2.45, 2.75) is 25.8 Å². The van der Waals surface area contributed by atoms with Crippen molar-refractivity contribution in [1.29, 1.82) is 0 Å². The predicted octanol–water partition coefficient (Wildman–Crippen LogP) is 2.04. The van der Waals surface area contributed by atoms with Gasteiger partial charge in [0.15, 0.2) is 0 Å². The van der Waals surface area contributed by atoms with Crippen LogP contribution in [0.4, 0.5) is 11.4 Å². The lowest BCUT2D eigenvalue weighted by Crippen LogP contribution is -2.38. The summed E-state index contributed by atoms with van der Waals surface area (Å²) < 4.78 is 0. The largest absolute Gasteiger partial charge is 0.371 e. The summed E-state index contributed by atoms with van der Waals surface area (Å²) in [6.07, 6.45) is 4.66. The van der Waals surface area contributed by atoms with E-state index in [0.717, 1.165) is 18.8 Å². The van der Waals surface area contributed by atoms with Gasteiger partial charge in [-0.1, -0.05) is 0 Å². The number of rotatable bonds is 1. The quantitative estimate of drug-likeness (QED) is 0.770. The molecule has 2 aliphatic heterocycles. The van der Waals surface area contributed by atoms with Gasteiger partial charge in [0.2, 0.25) is 0 Å². The molecule has 4 nitrogen and oxygen atoms in total. The molecule has 0 amide bonds. The molecule has 1 saturated heterocycles. The maximum absolute atomic E-state index is 4.66. The molecular weight excluding hydrogens is 236 g/mol. The molecule has 0 N–H and O–H groups in total. The number of likely N-dealkylation sites (tertiary alicyclic amines) is 1. The Morgan fingerprint density at radius 1 is 1.05 bits per heavy atom. The molecule has 2 aliphatic rings. The Hall–Kier alpha value is -1.29. The Morgan fingerprint density at radius 2 is 1.74 bits per heavy atom. The topological polar surface area (TPSA) is 22.6 Å². The zero-order valence-corrected chi connectivity index (χ0v) is 12.5. The fourth-order valence-corrected chi connectivity index (χ4v) is 3.53. The van der Waals surface area contributed by atoms with Gasteiger partial charge < -0.3 is 9.80 Å². The number of aromatic nitrogens is 1. The van der Waals surface area contributed by atoms with Crippen LogP contribution in [0.1, 0.15) is 30.1 Å². The number of aryl methyl sites for hydroxylation is 1. The van der Waals surface area contributed by atoms with Crippen LogP contribution < -0.4 is 9.80 Å². The molecule has 1 fully saturated rings. The van der Waals surface area contributed by atoms with Crippen LogP contribution in [0, 0.1) is 6.92 Å². The molecule has 0 aromatic carbocycles. The smallest absolute Gasteiger partial charge is 0.0821 e. The second kappa shape index (κ2) is 4.67. The third-order valence-corrected chi connectivity index (χ3v) is 4.65. The minimum atomic E-state index is 0.538. The minimum Gasteiger partial charge on any atom is -0.371 e. The molecule has 3 heterocycles. The van der Waals surface area contributed by atoms with E-state index in [1.54, 1.807) is 0 Å². The van der Waals surface area contributed by atoms with Gasteiger partial charge in [0, 0.05) is 45.0 Å². The number of pyridine rings is 1. The third-order valence-electron chi connectivity index (χ3n) is 4.65.